The molecule has 1 aliphatic carbocycles. The van der Waals surface area contributed by atoms with E-state index < -0.39 is 5.54 Å². The van der Waals surface area contributed by atoms with E-state index in [4.69, 9.17) is 11.6 Å². The third-order valence-electron chi connectivity index (χ3n) is 5.71. The van der Waals surface area contributed by atoms with Gasteiger partial charge in [0, 0.05) is 5.02 Å². The van der Waals surface area contributed by atoms with Crippen molar-refractivity contribution in [3.63, 3.8) is 0 Å². The molecule has 8 heteroatoms. The quantitative estimate of drug-likeness (QED) is 0.426. The van der Waals surface area contributed by atoms with Crippen LogP contribution in [0.5, 0.6) is 0 Å². The molecule has 2 aromatic carbocycles. The van der Waals surface area contributed by atoms with Crippen LogP contribution in [0, 0.1) is 11.3 Å². The summed E-state index contributed by atoms with van der Waals surface area (Å²) in [6.45, 7) is 0.319. The summed E-state index contributed by atoms with van der Waals surface area (Å²) in [7, 11) is 0. The van der Waals surface area contributed by atoms with Crippen molar-refractivity contribution in [1.82, 2.24) is 14.9 Å². The lowest BCUT2D eigenvalue weighted by Crippen LogP contribution is -2.49. The number of amides is 1. The number of rotatable bonds is 6. The molecule has 1 saturated carbocycles. The predicted molar refractivity (Wildman–Crippen MR) is 127 cm³/mol. The second-order valence-corrected chi connectivity index (χ2v) is 9.40. The zero-order valence-corrected chi connectivity index (χ0v) is 19.1. The Kier molecular flexibility index (Phi) is 6.83. The zero-order valence-electron chi connectivity index (χ0n) is 17.5. The third kappa shape index (κ3) is 4.98. The number of benzene rings is 2. The first-order valence-electron chi connectivity index (χ1n) is 10.6. The standard InChI is InChI=1S/C24H23ClN4O2S/c25-18-10-8-17(9-11-18)14-29-22(31)19-6-2-3-7-20(19)27-23(29)32-15-21(30)28-24(16-26)12-4-1-5-13-24/h2-3,6-11H,1,4-5,12-15H2,(H,28,30). The summed E-state index contributed by atoms with van der Waals surface area (Å²) < 4.78 is 1.59. The normalized spacial score (nSPS) is 15.2. The molecule has 0 spiro atoms. The van der Waals surface area contributed by atoms with Crippen LogP contribution < -0.4 is 10.9 Å². The first-order chi connectivity index (χ1) is 15.5. The Morgan fingerprint density at radius 1 is 1.16 bits per heavy atom. The number of halogens is 1. The van der Waals surface area contributed by atoms with Crippen molar-refractivity contribution in [2.75, 3.05) is 5.75 Å². The van der Waals surface area contributed by atoms with Crippen LogP contribution in [0.1, 0.15) is 37.7 Å². The minimum Gasteiger partial charge on any atom is -0.337 e. The van der Waals surface area contributed by atoms with Crippen LogP contribution in [0.4, 0.5) is 0 Å². The van der Waals surface area contributed by atoms with Gasteiger partial charge in [-0.3, -0.25) is 14.2 Å². The molecule has 1 amide bonds. The second kappa shape index (κ2) is 9.76. The van der Waals surface area contributed by atoms with Crippen molar-refractivity contribution >= 4 is 40.2 Å². The van der Waals surface area contributed by atoms with E-state index in [2.05, 4.69) is 16.4 Å². The Balaban J connectivity index is 1.59. The Morgan fingerprint density at radius 2 is 1.88 bits per heavy atom. The van der Waals surface area contributed by atoms with Crippen LogP contribution in [0.25, 0.3) is 10.9 Å². The van der Waals surface area contributed by atoms with E-state index in [1.807, 2.05) is 24.3 Å². The van der Waals surface area contributed by atoms with Crippen LogP contribution in [-0.4, -0.2) is 26.8 Å². The van der Waals surface area contributed by atoms with Gasteiger partial charge in [0.15, 0.2) is 5.16 Å². The highest BCUT2D eigenvalue weighted by Gasteiger charge is 2.33. The van der Waals surface area contributed by atoms with Gasteiger partial charge in [-0.25, -0.2) is 4.98 Å². The van der Waals surface area contributed by atoms with Crippen LogP contribution >= 0.6 is 23.4 Å². The van der Waals surface area contributed by atoms with Gasteiger partial charge in [-0.2, -0.15) is 5.26 Å². The average Bonchev–Trinajstić information content (AvgIpc) is 2.81. The average molecular weight is 467 g/mol. The van der Waals surface area contributed by atoms with E-state index in [0.717, 1.165) is 24.8 Å². The van der Waals surface area contributed by atoms with Crippen molar-refractivity contribution in [2.24, 2.45) is 0 Å². The topological polar surface area (TPSA) is 87.8 Å². The van der Waals surface area contributed by atoms with Crippen LogP contribution in [0.15, 0.2) is 58.5 Å². The first-order valence-corrected chi connectivity index (χ1v) is 12.0. The summed E-state index contributed by atoms with van der Waals surface area (Å²) in [6, 6.07) is 16.8. The summed E-state index contributed by atoms with van der Waals surface area (Å²) in [5, 5.41) is 14.2. The van der Waals surface area contributed by atoms with E-state index in [9.17, 15) is 14.9 Å². The fourth-order valence-electron chi connectivity index (χ4n) is 4.02. The molecule has 1 fully saturated rings. The Hall–Kier alpha value is -2.82. The minimum absolute atomic E-state index is 0.0782. The number of thioether (sulfide) groups is 1. The van der Waals surface area contributed by atoms with E-state index in [0.29, 0.717) is 40.5 Å². The summed E-state index contributed by atoms with van der Waals surface area (Å²) in [5.41, 5.74) is 0.559. The summed E-state index contributed by atoms with van der Waals surface area (Å²) in [5.74, 6) is -0.145. The molecule has 0 bridgehead atoms. The molecule has 0 atom stereocenters. The molecule has 6 nitrogen and oxygen atoms in total. The molecule has 0 aliphatic heterocycles. The number of nitriles is 1. The molecular weight excluding hydrogens is 444 g/mol. The maximum Gasteiger partial charge on any atom is 0.262 e. The van der Waals surface area contributed by atoms with E-state index in [1.54, 1.807) is 28.8 Å². The molecule has 164 valence electrons. The number of carbonyl (C=O) groups is 1. The molecule has 1 aromatic heterocycles. The lowest BCUT2D eigenvalue weighted by Gasteiger charge is -2.31. The van der Waals surface area contributed by atoms with Crippen LogP contribution in [0.2, 0.25) is 5.02 Å². The smallest absolute Gasteiger partial charge is 0.262 e. The molecule has 4 rings (SSSR count). The fraction of sp³-hybridized carbons (Fsp3) is 0.333. The zero-order chi connectivity index (χ0) is 22.6. The van der Waals surface area contributed by atoms with Gasteiger partial charge >= 0.3 is 0 Å². The first kappa shape index (κ1) is 22.4. The minimum atomic E-state index is -0.782. The number of hydrogen-bond donors (Lipinski definition) is 1. The number of fused-ring (bicyclic) bond motifs is 1. The fourth-order valence-corrected chi connectivity index (χ4v) is 4.95. The summed E-state index contributed by atoms with van der Waals surface area (Å²) in [4.78, 5) is 30.6. The Bertz CT molecular complexity index is 1230. The maximum atomic E-state index is 13.2. The van der Waals surface area contributed by atoms with Crippen LogP contribution in [-0.2, 0) is 11.3 Å². The number of nitrogens with one attached hydrogen (secondary N) is 1. The van der Waals surface area contributed by atoms with Gasteiger partial charge in [0.05, 0.1) is 29.3 Å². The molecular formula is C24H23ClN4O2S. The van der Waals surface area contributed by atoms with E-state index >= 15 is 0 Å². The van der Waals surface area contributed by atoms with Crippen molar-refractivity contribution in [3.05, 3.63) is 69.5 Å². The second-order valence-electron chi connectivity index (χ2n) is 8.02. The van der Waals surface area contributed by atoms with Gasteiger partial charge in [0.2, 0.25) is 5.91 Å². The number of aromatic nitrogens is 2. The lowest BCUT2D eigenvalue weighted by molar-refractivity contribution is -0.120. The SMILES string of the molecule is N#CC1(NC(=O)CSc2nc3ccccc3c(=O)n2Cc2ccc(Cl)cc2)CCCCC1. The van der Waals surface area contributed by atoms with Gasteiger partial charge in [-0.1, -0.05) is 66.9 Å². The molecule has 0 saturated heterocycles. The molecule has 3 aromatic rings. The molecule has 0 unspecified atom stereocenters. The van der Waals surface area contributed by atoms with Crippen LogP contribution in [0.3, 0.4) is 0 Å². The van der Waals surface area contributed by atoms with E-state index in [-0.39, 0.29) is 17.2 Å². The van der Waals surface area contributed by atoms with Gasteiger partial charge < -0.3 is 5.32 Å². The number of nitrogens with zero attached hydrogens (tertiary/aromatic N) is 3. The molecule has 0 radical (unpaired) electrons. The molecule has 32 heavy (non-hydrogen) atoms. The van der Waals surface area contributed by atoms with Crippen molar-refractivity contribution in [3.8, 4) is 6.07 Å². The Labute approximate surface area is 195 Å². The highest BCUT2D eigenvalue weighted by atomic mass is 35.5. The lowest BCUT2D eigenvalue weighted by atomic mass is 9.83. The Morgan fingerprint density at radius 3 is 2.59 bits per heavy atom. The summed E-state index contributed by atoms with van der Waals surface area (Å²) in [6.07, 6.45) is 4.32. The molecule has 1 N–H and O–H groups in total. The highest BCUT2D eigenvalue weighted by Crippen LogP contribution is 2.28. The van der Waals surface area contributed by atoms with Crippen molar-refractivity contribution < 1.29 is 4.79 Å². The summed E-state index contributed by atoms with van der Waals surface area (Å²) >= 11 is 7.20. The van der Waals surface area contributed by atoms with Gasteiger partial charge in [0.25, 0.3) is 5.56 Å². The highest BCUT2D eigenvalue weighted by molar-refractivity contribution is 7.99. The number of hydrogen-bond acceptors (Lipinski definition) is 5. The van der Waals surface area contributed by atoms with Gasteiger partial charge in [-0.05, 0) is 42.7 Å². The van der Waals surface area contributed by atoms with Gasteiger partial charge in [0.1, 0.15) is 5.54 Å². The predicted octanol–water partition coefficient (Wildman–Crippen LogP) is 4.53. The van der Waals surface area contributed by atoms with Gasteiger partial charge in [-0.15, -0.1) is 0 Å². The van der Waals surface area contributed by atoms with Crippen molar-refractivity contribution in [2.45, 2.75) is 49.3 Å². The molecule has 1 aliphatic rings. The third-order valence-corrected chi connectivity index (χ3v) is 6.94. The van der Waals surface area contributed by atoms with Crippen molar-refractivity contribution in [1.29, 1.82) is 5.26 Å². The van der Waals surface area contributed by atoms with E-state index in [1.165, 1.54) is 11.8 Å². The molecule has 1 heterocycles. The number of carbonyl (C=O) groups excluding carboxylic acids is 1. The largest absolute Gasteiger partial charge is 0.337 e. The maximum absolute atomic E-state index is 13.2. The monoisotopic (exact) mass is 466 g/mol. The number of para-hydroxylation sites is 1.